The molecule has 1 atom stereocenters. The molecule has 6 heteroatoms. The molecule has 1 amide bonds. The van der Waals surface area contributed by atoms with E-state index in [2.05, 4.69) is 10.4 Å². The average Bonchev–Trinajstić information content (AvgIpc) is 2.99. The Morgan fingerprint density at radius 1 is 1.29 bits per heavy atom. The van der Waals surface area contributed by atoms with Gasteiger partial charge < -0.3 is 10.4 Å². The SMILES string of the molecule is CC(NC(=O)CCC(=O)O)c1ccccc1-n1cccn1. The van der Waals surface area contributed by atoms with Crippen LogP contribution in [-0.4, -0.2) is 26.8 Å². The zero-order chi connectivity index (χ0) is 15.2. The number of hydrogen-bond acceptors (Lipinski definition) is 3. The minimum absolute atomic E-state index is 0.0242. The highest BCUT2D eigenvalue weighted by Crippen LogP contribution is 2.21. The van der Waals surface area contributed by atoms with E-state index in [1.807, 2.05) is 43.5 Å². The summed E-state index contributed by atoms with van der Waals surface area (Å²) < 4.78 is 1.73. The van der Waals surface area contributed by atoms with Crippen LogP contribution in [0.5, 0.6) is 0 Å². The highest BCUT2D eigenvalue weighted by Gasteiger charge is 2.14. The molecular weight excluding hydrogens is 270 g/mol. The van der Waals surface area contributed by atoms with Gasteiger partial charge in [0.15, 0.2) is 0 Å². The Kier molecular flexibility index (Phi) is 4.71. The van der Waals surface area contributed by atoms with Gasteiger partial charge in [-0.3, -0.25) is 9.59 Å². The van der Waals surface area contributed by atoms with E-state index in [1.165, 1.54) is 0 Å². The van der Waals surface area contributed by atoms with Crippen molar-refractivity contribution in [1.82, 2.24) is 15.1 Å². The van der Waals surface area contributed by atoms with Gasteiger partial charge in [-0.15, -0.1) is 0 Å². The van der Waals surface area contributed by atoms with Gasteiger partial charge in [-0.2, -0.15) is 5.10 Å². The number of aromatic nitrogens is 2. The number of para-hydroxylation sites is 1. The maximum atomic E-state index is 11.7. The number of carboxylic acid groups (broad SMARTS) is 1. The fraction of sp³-hybridized carbons (Fsp3) is 0.267. The Bertz CT molecular complexity index is 623. The number of amides is 1. The Morgan fingerprint density at radius 3 is 2.71 bits per heavy atom. The van der Waals surface area contributed by atoms with Crippen LogP contribution in [-0.2, 0) is 9.59 Å². The van der Waals surface area contributed by atoms with Crippen LogP contribution in [0.1, 0.15) is 31.4 Å². The summed E-state index contributed by atoms with van der Waals surface area (Å²) in [6.45, 7) is 1.86. The molecule has 0 aliphatic rings. The quantitative estimate of drug-likeness (QED) is 0.850. The third-order valence-corrected chi connectivity index (χ3v) is 3.10. The van der Waals surface area contributed by atoms with Crippen molar-refractivity contribution >= 4 is 11.9 Å². The van der Waals surface area contributed by atoms with Crippen molar-refractivity contribution in [1.29, 1.82) is 0 Å². The largest absolute Gasteiger partial charge is 0.481 e. The van der Waals surface area contributed by atoms with Gasteiger partial charge >= 0.3 is 5.97 Å². The molecule has 0 fully saturated rings. The second-order valence-electron chi connectivity index (χ2n) is 4.69. The topological polar surface area (TPSA) is 84.2 Å². The lowest BCUT2D eigenvalue weighted by atomic mass is 10.1. The molecule has 21 heavy (non-hydrogen) atoms. The molecule has 0 bridgehead atoms. The number of hydrogen-bond donors (Lipinski definition) is 2. The molecule has 6 nitrogen and oxygen atoms in total. The van der Waals surface area contributed by atoms with Crippen molar-refractivity contribution in [2.75, 3.05) is 0 Å². The summed E-state index contributed by atoms with van der Waals surface area (Å²) in [5.74, 6) is -1.25. The van der Waals surface area contributed by atoms with Gasteiger partial charge in [0.1, 0.15) is 0 Å². The van der Waals surface area contributed by atoms with Gasteiger partial charge in [0.05, 0.1) is 18.2 Å². The monoisotopic (exact) mass is 287 g/mol. The minimum atomic E-state index is -0.977. The van der Waals surface area contributed by atoms with Crippen LogP contribution in [0, 0.1) is 0 Å². The number of carboxylic acids is 1. The van der Waals surface area contributed by atoms with Crippen molar-refractivity contribution < 1.29 is 14.7 Å². The summed E-state index contributed by atoms with van der Waals surface area (Å²) in [5.41, 5.74) is 1.80. The normalized spacial score (nSPS) is 11.9. The summed E-state index contributed by atoms with van der Waals surface area (Å²) in [7, 11) is 0. The highest BCUT2D eigenvalue weighted by atomic mass is 16.4. The molecule has 1 aromatic carbocycles. The number of carbonyl (C=O) groups is 2. The van der Waals surface area contributed by atoms with Gasteiger partial charge in [-0.1, -0.05) is 18.2 Å². The van der Waals surface area contributed by atoms with Crippen molar-refractivity contribution in [3.63, 3.8) is 0 Å². The number of nitrogens with one attached hydrogen (secondary N) is 1. The van der Waals surface area contributed by atoms with Gasteiger partial charge in [0.2, 0.25) is 5.91 Å². The molecular formula is C15H17N3O3. The third kappa shape index (κ3) is 3.92. The number of rotatable bonds is 6. The highest BCUT2D eigenvalue weighted by molar-refractivity contribution is 5.81. The summed E-state index contributed by atoms with van der Waals surface area (Å²) in [5, 5.41) is 15.6. The maximum absolute atomic E-state index is 11.7. The lowest BCUT2D eigenvalue weighted by Gasteiger charge is -2.17. The lowest BCUT2D eigenvalue weighted by molar-refractivity contribution is -0.138. The van der Waals surface area contributed by atoms with E-state index in [4.69, 9.17) is 5.11 Å². The summed E-state index contributed by atoms with van der Waals surface area (Å²) >= 11 is 0. The van der Waals surface area contributed by atoms with E-state index in [0.717, 1.165) is 11.3 Å². The predicted molar refractivity (Wildman–Crippen MR) is 77.0 cm³/mol. The number of carbonyl (C=O) groups excluding carboxylic acids is 1. The molecule has 110 valence electrons. The molecule has 2 rings (SSSR count). The first-order valence-electron chi connectivity index (χ1n) is 6.68. The lowest BCUT2D eigenvalue weighted by Crippen LogP contribution is -2.27. The van der Waals surface area contributed by atoms with Crippen LogP contribution in [0.3, 0.4) is 0 Å². The van der Waals surface area contributed by atoms with Crippen LogP contribution < -0.4 is 5.32 Å². The molecule has 2 aromatic rings. The molecule has 0 saturated carbocycles. The van der Waals surface area contributed by atoms with Gasteiger partial charge in [-0.25, -0.2) is 4.68 Å². The fourth-order valence-corrected chi connectivity index (χ4v) is 2.09. The van der Waals surface area contributed by atoms with E-state index < -0.39 is 5.97 Å². The Morgan fingerprint density at radius 2 is 2.05 bits per heavy atom. The molecule has 0 aliphatic heterocycles. The van der Waals surface area contributed by atoms with Crippen molar-refractivity contribution in [2.24, 2.45) is 0 Å². The first-order valence-corrected chi connectivity index (χ1v) is 6.68. The van der Waals surface area contributed by atoms with E-state index in [1.54, 1.807) is 10.9 Å². The predicted octanol–water partition coefficient (Wildman–Crippen LogP) is 1.91. The van der Waals surface area contributed by atoms with Crippen molar-refractivity contribution in [3.8, 4) is 5.69 Å². The summed E-state index contributed by atoms with van der Waals surface area (Å²) in [6, 6.07) is 9.22. The molecule has 1 heterocycles. The van der Waals surface area contributed by atoms with Crippen LogP contribution in [0.4, 0.5) is 0 Å². The van der Waals surface area contributed by atoms with E-state index in [9.17, 15) is 9.59 Å². The van der Waals surface area contributed by atoms with Crippen LogP contribution in [0.25, 0.3) is 5.69 Å². The first kappa shape index (κ1) is 14.8. The number of nitrogens with zero attached hydrogens (tertiary/aromatic N) is 2. The molecule has 0 radical (unpaired) electrons. The molecule has 2 N–H and O–H groups in total. The zero-order valence-electron chi connectivity index (χ0n) is 11.7. The van der Waals surface area contributed by atoms with Gasteiger partial charge in [0.25, 0.3) is 0 Å². The Balaban J connectivity index is 2.11. The number of aliphatic carboxylic acids is 1. The Labute approximate surface area is 122 Å². The third-order valence-electron chi connectivity index (χ3n) is 3.10. The summed E-state index contributed by atoms with van der Waals surface area (Å²) in [6.07, 6.45) is 3.33. The van der Waals surface area contributed by atoms with Crippen LogP contribution in [0.15, 0.2) is 42.7 Å². The molecule has 1 aromatic heterocycles. The first-order chi connectivity index (χ1) is 10.1. The Hall–Kier alpha value is -2.63. The second kappa shape index (κ2) is 6.69. The maximum Gasteiger partial charge on any atom is 0.303 e. The van der Waals surface area contributed by atoms with E-state index >= 15 is 0 Å². The standard InChI is InChI=1S/C15H17N3O3/c1-11(17-14(19)7-8-15(20)21)12-5-2-3-6-13(12)18-10-4-9-16-18/h2-6,9-11H,7-8H2,1H3,(H,17,19)(H,20,21). The van der Waals surface area contributed by atoms with Crippen molar-refractivity contribution in [3.05, 3.63) is 48.3 Å². The fourth-order valence-electron chi connectivity index (χ4n) is 2.09. The minimum Gasteiger partial charge on any atom is -0.481 e. The van der Waals surface area contributed by atoms with Gasteiger partial charge in [0, 0.05) is 18.8 Å². The molecule has 0 aliphatic carbocycles. The van der Waals surface area contributed by atoms with E-state index in [-0.39, 0.29) is 24.8 Å². The second-order valence-corrected chi connectivity index (χ2v) is 4.69. The molecule has 0 saturated heterocycles. The van der Waals surface area contributed by atoms with Crippen molar-refractivity contribution in [2.45, 2.75) is 25.8 Å². The zero-order valence-corrected chi connectivity index (χ0v) is 11.7. The smallest absolute Gasteiger partial charge is 0.303 e. The van der Waals surface area contributed by atoms with Crippen LogP contribution >= 0.6 is 0 Å². The molecule has 1 unspecified atom stereocenters. The molecule has 0 spiro atoms. The van der Waals surface area contributed by atoms with E-state index in [0.29, 0.717) is 0 Å². The van der Waals surface area contributed by atoms with Crippen LogP contribution in [0.2, 0.25) is 0 Å². The van der Waals surface area contributed by atoms with Gasteiger partial charge in [-0.05, 0) is 24.6 Å². The number of benzene rings is 1. The average molecular weight is 287 g/mol. The summed E-state index contributed by atoms with van der Waals surface area (Å²) in [4.78, 5) is 22.2.